The van der Waals surface area contributed by atoms with Crippen LogP contribution in [0.3, 0.4) is 0 Å². The Bertz CT molecular complexity index is 1550. The maximum atomic E-state index is 14.3. The number of hydrogen-bond donors (Lipinski definition) is 1. The molecule has 0 radical (unpaired) electrons. The molecule has 0 saturated heterocycles. The molecule has 5 rings (SSSR count). The summed E-state index contributed by atoms with van der Waals surface area (Å²) in [6.07, 6.45) is 3.89. The monoisotopic (exact) mass is 542 g/mol. The highest BCUT2D eigenvalue weighted by Crippen LogP contribution is 2.41. The van der Waals surface area contributed by atoms with E-state index in [4.69, 9.17) is 9.47 Å². The molecule has 0 aliphatic carbocycles. The molecule has 11 nitrogen and oxygen atoms in total. The minimum absolute atomic E-state index is 0.0171. The Morgan fingerprint density at radius 3 is 2.58 bits per heavy atom. The van der Waals surface area contributed by atoms with Crippen molar-refractivity contribution in [1.29, 1.82) is 0 Å². The molecule has 206 valence electrons. The van der Waals surface area contributed by atoms with Gasteiger partial charge in [-0.3, -0.25) is 24.3 Å². The predicted molar refractivity (Wildman–Crippen MR) is 147 cm³/mol. The lowest BCUT2D eigenvalue weighted by molar-refractivity contribution is -0.127. The van der Waals surface area contributed by atoms with Crippen molar-refractivity contribution in [2.75, 3.05) is 18.2 Å². The van der Waals surface area contributed by atoms with E-state index in [0.29, 0.717) is 40.6 Å². The number of nitrogens with one attached hydrogen (secondary N) is 1. The first-order valence-corrected chi connectivity index (χ1v) is 13.1. The maximum absolute atomic E-state index is 14.3. The molecule has 4 aromatic rings. The highest BCUT2D eigenvalue weighted by atomic mass is 16.7. The molecule has 11 heteroatoms. The van der Waals surface area contributed by atoms with Crippen LogP contribution >= 0.6 is 0 Å². The van der Waals surface area contributed by atoms with Gasteiger partial charge in [0, 0.05) is 36.1 Å². The number of anilines is 1. The number of amides is 2. The second-order valence-corrected chi connectivity index (χ2v) is 9.94. The Morgan fingerprint density at radius 2 is 1.85 bits per heavy atom. The Hall–Kier alpha value is -4.80. The van der Waals surface area contributed by atoms with Crippen LogP contribution in [0.2, 0.25) is 0 Å². The van der Waals surface area contributed by atoms with Crippen LogP contribution in [0.25, 0.3) is 11.0 Å². The number of fused-ring (bicyclic) bond motifs is 2. The normalized spacial score (nSPS) is 12.9. The first-order chi connectivity index (χ1) is 19.3. The lowest BCUT2D eigenvalue weighted by Gasteiger charge is -2.32. The predicted octanol–water partition coefficient (Wildman–Crippen LogP) is 3.69. The topological polar surface area (TPSA) is 129 Å². The third-order valence-electron chi connectivity index (χ3n) is 6.63. The number of aromatic nitrogens is 4. The zero-order valence-electron chi connectivity index (χ0n) is 22.5. The summed E-state index contributed by atoms with van der Waals surface area (Å²) in [7, 11) is 0. The number of Topliss-reactive ketones (excluding diaryl/α,β-unsaturated/α-hetero) is 1. The largest absolute Gasteiger partial charge is 0.454 e. The van der Waals surface area contributed by atoms with Crippen LogP contribution in [-0.4, -0.2) is 50.9 Å². The quantitative estimate of drug-likeness (QED) is 0.301. The number of ether oxygens (including phenoxy) is 2. The molecular weight excluding hydrogens is 512 g/mol. The van der Waals surface area contributed by atoms with Crippen molar-refractivity contribution in [2.24, 2.45) is 5.92 Å². The van der Waals surface area contributed by atoms with Crippen LogP contribution in [0.15, 0.2) is 60.9 Å². The summed E-state index contributed by atoms with van der Waals surface area (Å²) in [5.41, 5.74) is 2.20. The molecule has 0 spiro atoms. The molecule has 0 saturated carbocycles. The minimum Gasteiger partial charge on any atom is -0.454 e. The van der Waals surface area contributed by atoms with Gasteiger partial charge in [-0.15, -0.1) is 5.10 Å². The number of para-hydroxylation sites is 1. The van der Waals surface area contributed by atoms with Gasteiger partial charge < -0.3 is 14.8 Å². The lowest BCUT2D eigenvalue weighted by atomic mass is 10.0. The van der Waals surface area contributed by atoms with Gasteiger partial charge in [0.25, 0.3) is 0 Å². The van der Waals surface area contributed by atoms with E-state index in [0.717, 1.165) is 6.42 Å². The average molecular weight is 543 g/mol. The number of hydrogen-bond acceptors (Lipinski definition) is 8. The molecular formula is C29H30N6O5. The molecule has 3 heterocycles. The summed E-state index contributed by atoms with van der Waals surface area (Å²) < 4.78 is 12.6. The van der Waals surface area contributed by atoms with Crippen molar-refractivity contribution in [3.8, 4) is 11.5 Å². The van der Waals surface area contributed by atoms with Gasteiger partial charge in [0.05, 0.1) is 11.2 Å². The van der Waals surface area contributed by atoms with E-state index >= 15 is 0 Å². The van der Waals surface area contributed by atoms with Crippen LogP contribution in [0.5, 0.6) is 11.5 Å². The summed E-state index contributed by atoms with van der Waals surface area (Å²) in [5, 5.41) is 11.3. The first kappa shape index (κ1) is 26.8. The zero-order chi connectivity index (χ0) is 28.2. The van der Waals surface area contributed by atoms with E-state index < -0.39 is 17.9 Å². The number of nitrogens with zero attached hydrogens (tertiary/aromatic N) is 5. The average Bonchev–Trinajstić information content (AvgIpc) is 3.57. The fourth-order valence-electron chi connectivity index (χ4n) is 4.60. The van der Waals surface area contributed by atoms with Crippen LogP contribution in [0, 0.1) is 5.92 Å². The van der Waals surface area contributed by atoms with E-state index in [1.807, 2.05) is 18.2 Å². The molecule has 0 fully saturated rings. The van der Waals surface area contributed by atoms with Gasteiger partial charge in [0.1, 0.15) is 18.1 Å². The number of carbonyl (C=O) groups excluding carboxylic acids is 3. The van der Waals surface area contributed by atoms with E-state index in [-0.39, 0.29) is 30.4 Å². The molecule has 1 aliphatic rings. The van der Waals surface area contributed by atoms with Gasteiger partial charge in [0.2, 0.25) is 18.6 Å². The van der Waals surface area contributed by atoms with Crippen LogP contribution in [0.4, 0.5) is 5.69 Å². The number of benzene rings is 2. The third-order valence-corrected chi connectivity index (χ3v) is 6.63. The molecule has 2 amide bonds. The number of pyridine rings is 1. The standard InChI is InChI=1S/C29H30N6O5/c1-18(2)10-12-31-29(38)28(20-7-6-11-30-15-20)35(24-14-26-25(39-17-40-26)13-21(24)19(3)36)27(37)16-34-23-9-5-4-8-22(23)32-33-34/h4-9,11,13-15,18,28H,10,12,16-17H2,1-3H3,(H,31,38)/t28-/m0/s1. The van der Waals surface area contributed by atoms with E-state index in [9.17, 15) is 14.4 Å². The Labute approximate surface area is 231 Å². The summed E-state index contributed by atoms with van der Waals surface area (Å²) in [6, 6.07) is 12.7. The third kappa shape index (κ3) is 5.49. The number of ketones is 1. The van der Waals surface area contributed by atoms with Crippen molar-refractivity contribution in [3.63, 3.8) is 0 Å². The lowest BCUT2D eigenvalue weighted by Crippen LogP contribution is -2.46. The summed E-state index contributed by atoms with van der Waals surface area (Å²) in [6.45, 7) is 5.70. The SMILES string of the molecule is CC(=O)c1cc2c(cc1N(C(=O)Cn1nnc3ccccc31)[C@H](C(=O)NCCC(C)C)c1cccnc1)OCO2. The van der Waals surface area contributed by atoms with Crippen LogP contribution in [-0.2, 0) is 16.1 Å². The second-order valence-electron chi connectivity index (χ2n) is 9.94. The van der Waals surface area contributed by atoms with E-state index in [1.54, 1.807) is 36.5 Å². The molecule has 2 aromatic carbocycles. The zero-order valence-corrected chi connectivity index (χ0v) is 22.5. The van der Waals surface area contributed by atoms with Gasteiger partial charge >= 0.3 is 0 Å². The highest BCUT2D eigenvalue weighted by Gasteiger charge is 2.36. The molecule has 1 aliphatic heterocycles. The van der Waals surface area contributed by atoms with Gasteiger partial charge in [-0.25, -0.2) is 4.68 Å². The van der Waals surface area contributed by atoms with E-state index in [2.05, 4.69) is 34.5 Å². The van der Waals surface area contributed by atoms with Gasteiger partial charge in [-0.2, -0.15) is 0 Å². The summed E-state index contributed by atoms with van der Waals surface area (Å²) >= 11 is 0. The number of rotatable bonds is 10. The highest BCUT2D eigenvalue weighted by molar-refractivity contribution is 6.08. The maximum Gasteiger partial charge on any atom is 0.249 e. The van der Waals surface area contributed by atoms with E-state index in [1.165, 1.54) is 22.7 Å². The summed E-state index contributed by atoms with van der Waals surface area (Å²) in [4.78, 5) is 46.6. The minimum atomic E-state index is -1.14. The van der Waals surface area contributed by atoms with Crippen LogP contribution < -0.4 is 19.7 Å². The number of carbonyl (C=O) groups is 3. The molecule has 1 atom stereocenters. The van der Waals surface area contributed by atoms with Crippen molar-refractivity contribution in [1.82, 2.24) is 25.3 Å². The summed E-state index contributed by atoms with van der Waals surface area (Å²) in [5.74, 6) is -0.0595. The van der Waals surface area contributed by atoms with Crippen molar-refractivity contribution in [3.05, 3.63) is 72.1 Å². The van der Waals surface area contributed by atoms with Crippen LogP contribution in [0.1, 0.15) is 49.2 Å². The first-order valence-electron chi connectivity index (χ1n) is 13.1. The van der Waals surface area contributed by atoms with Gasteiger partial charge in [-0.05, 0) is 43.5 Å². The van der Waals surface area contributed by atoms with Crippen molar-refractivity contribution < 1.29 is 23.9 Å². The molecule has 0 unspecified atom stereocenters. The molecule has 2 aromatic heterocycles. The van der Waals surface area contributed by atoms with Crippen molar-refractivity contribution >= 4 is 34.3 Å². The fourth-order valence-corrected chi connectivity index (χ4v) is 4.60. The second kappa shape index (κ2) is 11.5. The Morgan fingerprint density at radius 1 is 1.07 bits per heavy atom. The van der Waals surface area contributed by atoms with Gasteiger partial charge in [-0.1, -0.05) is 37.3 Å². The Kier molecular flexibility index (Phi) is 7.72. The molecule has 1 N–H and O–H groups in total. The Balaban J connectivity index is 1.64. The molecule has 0 bridgehead atoms. The van der Waals surface area contributed by atoms with Gasteiger partial charge in [0.15, 0.2) is 17.3 Å². The smallest absolute Gasteiger partial charge is 0.249 e. The fraction of sp³-hybridized carbons (Fsp3) is 0.310. The molecule has 40 heavy (non-hydrogen) atoms. The van der Waals surface area contributed by atoms with Crippen molar-refractivity contribution in [2.45, 2.75) is 39.8 Å².